The predicted molar refractivity (Wildman–Crippen MR) is 86.3 cm³/mol. The molecule has 2 aromatic rings. The van der Waals surface area contributed by atoms with E-state index in [1.165, 1.54) is 5.56 Å². The van der Waals surface area contributed by atoms with Gasteiger partial charge in [-0.2, -0.15) is 0 Å². The van der Waals surface area contributed by atoms with Crippen LogP contribution in [0.3, 0.4) is 0 Å². The summed E-state index contributed by atoms with van der Waals surface area (Å²) in [6.07, 6.45) is 3.93. The summed E-state index contributed by atoms with van der Waals surface area (Å²) in [7, 11) is 2.13. The summed E-state index contributed by atoms with van der Waals surface area (Å²) in [6.45, 7) is 2.44. The molecule has 4 heteroatoms. The number of carbonyl (C=O) groups excluding carboxylic acids is 1. The molecule has 0 saturated carbocycles. The van der Waals surface area contributed by atoms with Gasteiger partial charge in [0, 0.05) is 32.0 Å². The maximum Gasteiger partial charge on any atom is 0.227 e. The van der Waals surface area contributed by atoms with Gasteiger partial charge in [0.05, 0.1) is 12.5 Å². The first-order valence-corrected chi connectivity index (χ1v) is 7.66. The number of rotatable bonds is 3. The number of nitrogens with zero attached hydrogens (tertiary/aromatic N) is 3. The van der Waals surface area contributed by atoms with Crippen LogP contribution >= 0.6 is 0 Å². The topological polar surface area (TPSA) is 36.4 Å². The van der Waals surface area contributed by atoms with Crippen LogP contribution < -0.4 is 0 Å². The Morgan fingerprint density at radius 2 is 2.00 bits per heavy atom. The highest BCUT2D eigenvalue weighted by atomic mass is 16.2. The highest BCUT2D eigenvalue weighted by Crippen LogP contribution is 2.24. The van der Waals surface area contributed by atoms with Crippen LogP contribution in [0.2, 0.25) is 0 Å². The summed E-state index contributed by atoms with van der Waals surface area (Å²) in [5, 5.41) is 0. The largest absolute Gasteiger partial charge is 0.339 e. The Morgan fingerprint density at radius 1 is 1.18 bits per heavy atom. The second-order valence-electron chi connectivity index (χ2n) is 5.78. The van der Waals surface area contributed by atoms with Gasteiger partial charge < -0.3 is 4.90 Å². The average Bonchev–Trinajstić information content (AvgIpc) is 2.57. The van der Waals surface area contributed by atoms with Gasteiger partial charge in [-0.3, -0.25) is 14.7 Å². The molecule has 1 aliphatic rings. The summed E-state index contributed by atoms with van der Waals surface area (Å²) in [5.41, 5.74) is 2.24. The second kappa shape index (κ2) is 6.71. The molecule has 1 saturated heterocycles. The van der Waals surface area contributed by atoms with Gasteiger partial charge in [0.15, 0.2) is 0 Å². The molecule has 2 heterocycles. The maximum absolute atomic E-state index is 12.5. The molecule has 0 N–H and O–H groups in total. The van der Waals surface area contributed by atoms with E-state index in [1.807, 2.05) is 23.1 Å². The highest BCUT2D eigenvalue weighted by Gasteiger charge is 2.28. The van der Waals surface area contributed by atoms with Gasteiger partial charge in [-0.1, -0.05) is 36.4 Å². The zero-order valence-corrected chi connectivity index (χ0v) is 12.9. The summed E-state index contributed by atoms with van der Waals surface area (Å²) >= 11 is 0. The highest BCUT2D eigenvalue weighted by molar-refractivity contribution is 5.78. The molecule has 1 aliphatic heterocycles. The minimum atomic E-state index is 0.182. The van der Waals surface area contributed by atoms with Gasteiger partial charge in [-0.25, -0.2) is 0 Å². The summed E-state index contributed by atoms with van der Waals surface area (Å²) in [4.78, 5) is 20.9. The van der Waals surface area contributed by atoms with E-state index in [0.29, 0.717) is 6.42 Å². The van der Waals surface area contributed by atoms with Crippen molar-refractivity contribution < 1.29 is 4.79 Å². The van der Waals surface area contributed by atoms with Gasteiger partial charge in [-0.15, -0.1) is 0 Å². The van der Waals surface area contributed by atoms with Crippen LogP contribution in [0.5, 0.6) is 0 Å². The van der Waals surface area contributed by atoms with Crippen LogP contribution in [0.15, 0.2) is 54.9 Å². The van der Waals surface area contributed by atoms with Crippen LogP contribution in [-0.4, -0.2) is 47.4 Å². The van der Waals surface area contributed by atoms with E-state index in [2.05, 4.69) is 41.2 Å². The van der Waals surface area contributed by atoms with Gasteiger partial charge in [0.2, 0.25) is 5.91 Å². The van der Waals surface area contributed by atoms with Crippen LogP contribution in [0, 0.1) is 0 Å². The number of carbonyl (C=O) groups is 1. The first-order valence-electron chi connectivity index (χ1n) is 7.66. The van der Waals surface area contributed by atoms with Gasteiger partial charge in [0.1, 0.15) is 0 Å². The molecule has 4 nitrogen and oxygen atoms in total. The van der Waals surface area contributed by atoms with Crippen molar-refractivity contribution in [1.82, 2.24) is 14.8 Å². The lowest BCUT2D eigenvalue weighted by atomic mass is 10.0. The Labute approximate surface area is 131 Å². The van der Waals surface area contributed by atoms with Crippen molar-refractivity contribution in [3.05, 3.63) is 66.0 Å². The SMILES string of the molecule is CN1CCN(C(=O)Cc2cccnc2)C[C@H]1c1ccccc1. The van der Waals surface area contributed by atoms with E-state index in [0.717, 1.165) is 25.2 Å². The van der Waals surface area contributed by atoms with Crippen molar-refractivity contribution in [1.29, 1.82) is 0 Å². The van der Waals surface area contributed by atoms with Gasteiger partial charge in [0.25, 0.3) is 0 Å². The van der Waals surface area contributed by atoms with E-state index >= 15 is 0 Å². The van der Waals surface area contributed by atoms with Crippen LogP contribution in [0.1, 0.15) is 17.2 Å². The molecule has 1 aromatic heterocycles. The standard InChI is InChI=1S/C18H21N3O/c1-20-10-11-21(14-17(20)16-7-3-2-4-8-16)18(22)12-15-6-5-9-19-13-15/h2-9,13,17H,10-12,14H2,1H3/t17-/m0/s1. The Bertz CT molecular complexity index is 615. The molecule has 1 atom stereocenters. The monoisotopic (exact) mass is 295 g/mol. The van der Waals surface area contributed by atoms with E-state index < -0.39 is 0 Å². The average molecular weight is 295 g/mol. The molecule has 0 unspecified atom stereocenters. The fourth-order valence-corrected chi connectivity index (χ4v) is 2.92. The third kappa shape index (κ3) is 3.34. The van der Waals surface area contributed by atoms with Crippen LogP contribution in [-0.2, 0) is 11.2 Å². The van der Waals surface area contributed by atoms with E-state index in [9.17, 15) is 4.79 Å². The number of amides is 1. The molecular weight excluding hydrogens is 274 g/mol. The minimum absolute atomic E-state index is 0.182. The smallest absolute Gasteiger partial charge is 0.227 e. The Hall–Kier alpha value is -2.20. The van der Waals surface area contributed by atoms with Gasteiger partial charge in [-0.05, 0) is 24.2 Å². The van der Waals surface area contributed by atoms with Crippen molar-refractivity contribution in [3.63, 3.8) is 0 Å². The third-order valence-electron chi connectivity index (χ3n) is 4.26. The molecular formula is C18H21N3O. The fourth-order valence-electron chi connectivity index (χ4n) is 2.92. The first kappa shape index (κ1) is 14.7. The number of benzene rings is 1. The normalized spacial score (nSPS) is 19.1. The number of aromatic nitrogens is 1. The lowest BCUT2D eigenvalue weighted by molar-refractivity contribution is -0.133. The van der Waals surface area contributed by atoms with E-state index in [4.69, 9.17) is 0 Å². The summed E-state index contributed by atoms with van der Waals surface area (Å²) in [6, 6.07) is 14.5. The van der Waals surface area contributed by atoms with Crippen molar-refractivity contribution >= 4 is 5.91 Å². The quantitative estimate of drug-likeness (QED) is 0.870. The Kier molecular flexibility index (Phi) is 4.49. The molecule has 0 radical (unpaired) electrons. The molecule has 22 heavy (non-hydrogen) atoms. The third-order valence-corrected chi connectivity index (χ3v) is 4.26. The Balaban J connectivity index is 1.69. The predicted octanol–water partition coefficient (Wildman–Crippen LogP) is 2.14. The molecule has 1 amide bonds. The molecule has 0 spiro atoms. The Morgan fingerprint density at radius 3 is 2.73 bits per heavy atom. The molecule has 3 rings (SSSR count). The minimum Gasteiger partial charge on any atom is -0.339 e. The number of piperazine rings is 1. The molecule has 0 aliphatic carbocycles. The van der Waals surface area contributed by atoms with E-state index in [1.54, 1.807) is 12.4 Å². The number of likely N-dealkylation sites (N-methyl/N-ethyl adjacent to an activating group) is 1. The lowest BCUT2D eigenvalue weighted by Crippen LogP contribution is -2.49. The number of pyridine rings is 1. The zero-order valence-electron chi connectivity index (χ0n) is 12.9. The molecule has 0 bridgehead atoms. The number of hydrogen-bond donors (Lipinski definition) is 0. The van der Waals surface area contributed by atoms with Crippen molar-refractivity contribution in [2.45, 2.75) is 12.5 Å². The maximum atomic E-state index is 12.5. The summed E-state index contributed by atoms with van der Waals surface area (Å²) in [5.74, 6) is 0.182. The second-order valence-corrected chi connectivity index (χ2v) is 5.78. The van der Waals surface area contributed by atoms with Crippen molar-refractivity contribution in [3.8, 4) is 0 Å². The van der Waals surface area contributed by atoms with Gasteiger partial charge >= 0.3 is 0 Å². The van der Waals surface area contributed by atoms with Crippen LogP contribution in [0.4, 0.5) is 0 Å². The molecule has 114 valence electrons. The summed E-state index contributed by atoms with van der Waals surface area (Å²) < 4.78 is 0. The van der Waals surface area contributed by atoms with Crippen molar-refractivity contribution in [2.24, 2.45) is 0 Å². The molecule has 1 aromatic carbocycles. The number of hydrogen-bond acceptors (Lipinski definition) is 3. The lowest BCUT2D eigenvalue weighted by Gasteiger charge is -2.39. The van der Waals surface area contributed by atoms with Crippen LogP contribution in [0.25, 0.3) is 0 Å². The molecule has 1 fully saturated rings. The fraction of sp³-hybridized carbons (Fsp3) is 0.333. The zero-order chi connectivity index (χ0) is 15.4. The first-order chi connectivity index (χ1) is 10.7. The van der Waals surface area contributed by atoms with Crippen molar-refractivity contribution in [2.75, 3.05) is 26.7 Å². The van der Waals surface area contributed by atoms with E-state index in [-0.39, 0.29) is 11.9 Å².